The van der Waals surface area contributed by atoms with Crippen molar-refractivity contribution in [3.63, 3.8) is 0 Å². The van der Waals surface area contributed by atoms with Crippen molar-refractivity contribution in [1.82, 2.24) is 0 Å². The first-order valence-electron chi connectivity index (χ1n) is 3.86. The second kappa shape index (κ2) is 4.70. The van der Waals surface area contributed by atoms with Crippen molar-refractivity contribution >= 4 is 23.2 Å². The van der Waals surface area contributed by atoms with E-state index in [1.54, 1.807) is 25.1 Å². The van der Waals surface area contributed by atoms with Crippen LogP contribution in [0.2, 0.25) is 10.0 Å². The summed E-state index contributed by atoms with van der Waals surface area (Å²) in [4.78, 5) is 0. The molecule has 13 heavy (non-hydrogen) atoms. The highest BCUT2D eigenvalue weighted by Gasteiger charge is 2.05. The van der Waals surface area contributed by atoms with E-state index in [-0.39, 0.29) is 6.61 Å². The van der Waals surface area contributed by atoms with Crippen molar-refractivity contribution in [2.24, 2.45) is 0 Å². The van der Waals surface area contributed by atoms with E-state index < -0.39 is 6.10 Å². The van der Waals surface area contributed by atoms with Crippen LogP contribution in [0.25, 0.3) is 0 Å². The third-order valence-corrected chi connectivity index (χ3v) is 2.20. The molecule has 0 unspecified atom stereocenters. The van der Waals surface area contributed by atoms with Gasteiger partial charge in [0.2, 0.25) is 0 Å². The molecule has 0 spiro atoms. The maximum absolute atomic E-state index is 8.97. The number of hydrogen-bond acceptors (Lipinski definition) is 2. The predicted molar refractivity (Wildman–Crippen MR) is 53.6 cm³/mol. The number of hydrogen-bond donors (Lipinski definition) is 1. The summed E-state index contributed by atoms with van der Waals surface area (Å²) in [5, 5.41) is 9.80. The molecule has 0 amide bonds. The lowest BCUT2D eigenvalue weighted by Crippen LogP contribution is -2.12. The van der Waals surface area contributed by atoms with Gasteiger partial charge in [0.05, 0.1) is 11.1 Å². The van der Waals surface area contributed by atoms with Gasteiger partial charge in [-0.25, -0.2) is 0 Å². The van der Waals surface area contributed by atoms with E-state index in [4.69, 9.17) is 33.0 Å². The number of ether oxygens (including phenoxy) is 1. The Morgan fingerprint density at radius 3 is 2.77 bits per heavy atom. The van der Waals surface area contributed by atoms with Crippen LogP contribution in [0.3, 0.4) is 0 Å². The van der Waals surface area contributed by atoms with Crippen LogP contribution in [-0.2, 0) is 0 Å². The van der Waals surface area contributed by atoms with E-state index in [1.165, 1.54) is 0 Å². The van der Waals surface area contributed by atoms with Gasteiger partial charge in [0.1, 0.15) is 17.4 Å². The highest BCUT2D eigenvalue weighted by molar-refractivity contribution is 6.42. The van der Waals surface area contributed by atoms with Gasteiger partial charge in [0, 0.05) is 0 Å². The van der Waals surface area contributed by atoms with E-state index in [1.807, 2.05) is 0 Å². The summed E-state index contributed by atoms with van der Waals surface area (Å²) in [5.74, 6) is 0.495. The monoisotopic (exact) mass is 220 g/mol. The number of aliphatic hydroxyl groups excluding tert-OH is 1. The molecule has 2 nitrogen and oxygen atoms in total. The number of benzene rings is 1. The Labute approximate surface area is 87.0 Å². The molecule has 0 fully saturated rings. The fourth-order valence-electron chi connectivity index (χ4n) is 0.806. The van der Waals surface area contributed by atoms with E-state index >= 15 is 0 Å². The summed E-state index contributed by atoms with van der Waals surface area (Å²) in [6, 6.07) is 5.13. The lowest BCUT2D eigenvalue weighted by molar-refractivity contribution is 0.123. The molecule has 0 saturated heterocycles. The average Bonchev–Trinajstić information content (AvgIpc) is 2.07. The second-order valence-electron chi connectivity index (χ2n) is 2.71. The molecule has 0 saturated carbocycles. The Morgan fingerprint density at radius 2 is 2.15 bits per heavy atom. The molecule has 0 aliphatic carbocycles. The fourth-order valence-corrected chi connectivity index (χ4v) is 1.15. The van der Waals surface area contributed by atoms with Crippen LogP contribution in [0.15, 0.2) is 18.2 Å². The molecule has 4 heteroatoms. The Kier molecular flexibility index (Phi) is 3.85. The Bertz CT molecular complexity index is 287. The molecule has 1 rings (SSSR count). The third kappa shape index (κ3) is 3.07. The van der Waals surface area contributed by atoms with Crippen molar-refractivity contribution in [3.05, 3.63) is 28.2 Å². The topological polar surface area (TPSA) is 29.5 Å². The summed E-state index contributed by atoms with van der Waals surface area (Å²) in [6.07, 6.45) is -0.518. The van der Waals surface area contributed by atoms with Crippen molar-refractivity contribution < 1.29 is 9.84 Å². The van der Waals surface area contributed by atoms with Crippen molar-refractivity contribution in [1.29, 1.82) is 0 Å². The van der Waals surface area contributed by atoms with Crippen LogP contribution >= 0.6 is 23.2 Å². The first kappa shape index (κ1) is 10.6. The second-order valence-corrected chi connectivity index (χ2v) is 3.50. The van der Waals surface area contributed by atoms with Crippen LogP contribution in [0.1, 0.15) is 6.92 Å². The molecule has 1 aromatic rings. The van der Waals surface area contributed by atoms with E-state index in [0.717, 1.165) is 0 Å². The maximum atomic E-state index is 8.97. The lowest BCUT2D eigenvalue weighted by atomic mass is 10.3. The van der Waals surface area contributed by atoms with E-state index in [2.05, 4.69) is 0 Å². The number of aliphatic hydroxyl groups is 1. The smallest absolute Gasteiger partial charge is 0.139 e. The zero-order valence-corrected chi connectivity index (χ0v) is 8.64. The van der Waals surface area contributed by atoms with Crippen LogP contribution in [0, 0.1) is 0 Å². The SMILES string of the molecule is C[C@@H](O)COc1cccc(Cl)c1Cl. The molecular formula is C9H10Cl2O2. The minimum absolute atomic E-state index is 0.208. The van der Waals surface area contributed by atoms with Crippen molar-refractivity contribution in [2.45, 2.75) is 13.0 Å². The summed E-state index contributed by atoms with van der Waals surface area (Å²) in [5.41, 5.74) is 0. The quantitative estimate of drug-likeness (QED) is 0.850. The molecule has 0 aromatic heterocycles. The zero-order valence-electron chi connectivity index (χ0n) is 7.13. The van der Waals surface area contributed by atoms with Gasteiger partial charge in [-0.1, -0.05) is 29.3 Å². The molecule has 0 aliphatic heterocycles. The van der Waals surface area contributed by atoms with Crippen LogP contribution in [0.4, 0.5) is 0 Å². The zero-order chi connectivity index (χ0) is 9.84. The molecule has 1 aromatic carbocycles. The first-order chi connectivity index (χ1) is 6.11. The minimum Gasteiger partial charge on any atom is -0.489 e. The number of rotatable bonds is 3. The van der Waals surface area contributed by atoms with Gasteiger partial charge >= 0.3 is 0 Å². The third-order valence-electron chi connectivity index (χ3n) is 1.40. The van der Waals surface area contributed by atoms with Crippen molar-refractivity contribution in [3.8, 4) is 5.75 Å². The van der Waals surface area contributed by atoms with Gasteiger partial charge < -0.3 is 9.84 Å². The Balaban J connectivity index is 2.71. The molecule has 0 heterocycles. The van der Waals surface area contributed by atoms with Gasteiger partial charge in [-0.2, -0.15) is 0 Å². The van der Waals surface area contributed by atoms with Gasteiger partial charge in [0.25, 0.3) is 0 Å². The summed E-state index contributed by atoms with van der Waals surface area (Å²) >= 11 is 11.6. The standard InChI is InChI=1S/C9H10Cl2O2/c1-6(12)5-13-8-4-2-3-7(10)9(8)11/h2-4,6,12H,5H2,1H3/t6-/m1/s1. The Hall–Kier alpha value is -0.440. The summed E-state index contributed by atoms with van der Waals surface area (Å²) in [6.45, 7) is 1.85. The van der Waals surface area contributed by atoms with Crippen molar-refractivity contribution in [2.75, 3.05) is 6.61 Å². The highest BCUT2D eigenvalue weighted by Crippen LogP contribution is 2.31. The Morgan fingerprint density at radius 1 is 1.46 bits per heavy atom. The summed E-state index contributed by atoms with van der Waals surface area (Å²) < 4.78 is 5.21. The van der Waals surface area contributed by atoms with Crippen LogP contribution in [-0.4, -0.2) is 17.8 Å². The van der Waals surface area contributed by atoms with Gasteiger partial charge in [0.15, 0.2) is 0 Å². The highest BCUT2D eigenvalue weighted by atomic mass is 35.5. The lowest BCUT2D eigenvalue weighted by Gasteiger charge is -2.09. The van der Waals surface area contributed by atoms with Gasteiger partial charge in [-0.15, -0.1) is 0 Å². The predicted octanol–water partition coefficient (Wildman–Crippen LogP) is 2.75. The molecular weight excluding hydrogens is 211 g/mol. The largest absolute Gasteiger partial charge is 0.489 e. The molecule has 0 bridgehead atoms. The van der Waals surface area contributed by atoms with E-state index in [9.17, 15) is 0 Å². The van der Waals surface area contributed by atoms with E-state index in [0.29, 0.717) is 15.8 Å². The summed E-state index contributed by atoms with van der Waals surface area (Å²) in [7, 11) is 0. The molecule has 1 N–H and O–H groups in total. The molecule has 72 valence electrons. The maximum Gasteiger partial charge on any atom is 0.139 e. The normalized spacial score (nSPS) is 12.6. The molecule has 0 aliphatic rings. The van der Waals surface area contributed by atoms with Crippen LogP contribution in [0.5, 0.6) is 5.75 Å². The fraction of sp³-hybridized carbons (Fsp3) is 0.333. The minimum atomic E-state index is -0.518. The van der Waals surface area contributed by atoms with Crippen LogP contribution < -0.4 is 4.74 Å². The molecule has 1 atom stereocenters. The number of halogens is 2. The molecule has 0 radical (unpaired) electrons. The first-order valence-corrected chi connectivity index (χ1v) is 4.61. The van der Waals surface area contributed by atoms with Gasteiger partial charge in [-0.05, 0) is 19.1 Å². The van der Waals surface area contributed by atoms with Gasteiger partial charge in [-0.3, -0.25) is 0 Å². The average molecular weight is 221 g/mol.